The van der Waals surface area contributed by atoms with Crippen molar-refractivity contribution in [1.29, 1.82) is 0 Å². The molecule has 0 aliphatic heterocycles. The molecule has 6 heteroatoms. The lowest BCUT2D eigenvalue weighted by molar-refractivity contribution is -0.122. The fourth-order valence-electron chi connectivity index (χ4n) is 1.87. The maximum absolute atomic E-state index is 12.3. The average molecular weight is 353 g/mol. The minimum Gasteiger partial charge on any atom is -0.481 e. The largest absolute Gasteiger partial charge is 0.481 e. The Hall–Kier alpha value is -1.59. The quantitative estimate of drug-likeness (QED) is 0.859. The van der Waals surface area contributed by atoms with Gasteiger partial charge in [0.05, 0.1) is 5.69 Å². The first-order chi connectivity index (χ1) is 10.7. The van der Waals surface area contributed by atoms with Crippen molar-refractivity contribution in [3.63, 3.8) is 0 Å². The monoisotopic (exact) mass is 352 g/mol. The molecule has 1 unspecified atom stereocenters. The minimum atomic E-state index is -0.628. The number of nitrogens with zero attached hydrogens (tertiary/aromatic N) is 1. The number of nitrogens with one attached hydrogen (secondary N) is 1. The van der Waals surface area contributed by atoms with Crippen molar-refractivity contribution >= 4 is 34.0 Å². The molecule has 0 saturated heterocycles. The highest BCUT2D eigenvalue weighted by molar-refractivity contribution is 7.14. The number of aryl methyl sites for hydroxylation is 1. The maximum atomic E-state index is 12.3. The number of halogens is 1. The summed E-state index contributed by atoms with van der Waals surface area (Å²) >= 11 is 7.34. The van der Waals surface area contributed by atoms with Crippen molar-refractivity contribution < 1.29 is 9.53 Å². The summed E-state index contributed by atoms with van der Waals surface area (Å²) in [5.74, 6) is 0.417. The van der Waals surface area contributed by atoms with Crippen molar-refractivity contribution in [2.45, 2.75) is 46.1 Å². The van der Waals surface area contributed by atoms with Crippen LogP contribution in [0, 0.1) is 6.92 Å². The van der Waals surface area contributed by atoms with E-state index >= 15 is 0 Å². The van der Waals surface area contributed by atoms with Crippen molar-refractivity contribution in [2.24, 2.45) is 0 Å². The molecule has 4 nitrogen and oxygen atoms in total. The van der Waals surface area contributed by atoms with Gasteiger partial charge in [0.25, 0.3) is 5.91 Å². The lowest BCUT2D eigenvalue weighted by Gasteiger charge is -2.16. The summed E-state index contributed by atoms with van der Waals surface area (Å²) in [5.41, 5.74) is 1.81. The number of hydrogen-bond donors (Lipinski definition) is 1. The molecule has 0 aliphatic rings. The van der Waals surface area contributed by atoms with Gasteiger partial charge in [-0.3, -0.25) is 10.1 Å². The summed E-state index contributed by atoms with van der Waals surface area (Å²) in [4.78, 5) is 16.7. The van der Waals surface area contributed by atoms with Crippen LogP contribution in [0.4, 0.5) is 5.13 Å². The van der Waals surface area contributed by atoms with Gasteiger partial charge in [-0.15, -0.1) is 11.3 Å². The van der Waals surface area contributed by atoms with Crippen LogP contribution in [-0.4, -0.2) is 17.0 Å². The third kappa shape index (κ3) is 4.69. The second-order valence-corrected chi connectivity index (χ2v) is 7.74. The minimum absolute atomic E-state index is 0.0397. The SMILES string of the molecule is Cc1cc(Cl)ccc1OC(C)C(=O)Nc1nc(C(C)(C)C)cs1. The van der Waals surface area contributed by atoms with Crippen LogP contribution in [0.2, 0.25) is 5.02 Å². The number of carbonyl (C=O) groups excluding carboxylic acids is 1. The Balaban J connectivity index is 2.01. The molecule has 1 aromatic carbocycles. The standard InChI is InChI=1S/C17H21ClN2O2S/c1-10-8-12(18)6-7-13(10)22-11(2)15(21)20-16-19-14(9-23-16)17(3,4)5/h6-9,11H,1-5H3,(H,19,20,21). The van der Waals surface area contributed by atoms with Crippen molar-refractivity contribution in [3.05, 3.63) is 39.9 Å². The number of rotatable bonds is 4. The van der Waals surface area contributed by atoms with Gasteiger partial charge in [0.1, 0.15) is 5.75 Å². The molecule has 1 aromatic heterocycles. The van der Waals surface area contributed by atoms with Crippen LogP contribution in [0.15, 0.2) is 23.6 Å². The molecule has 0 saturated carbocycles. The first-order valence-electron chi connectivity index (χ1n) is 7.36. The number of aromatic nitrogens is 1. The number of anilines is 1. The van der Waals surface area contributed by atoms with Crippen LogP contribution in [0.1, 0.15) is 39.0 Å². The van der Waals surface area contributed by atoms with Crippen molar-refractivity contribution in [1.82, 2.24) is 4.98 Å². The Bertz CT molecular complexity index is 707. The number of benzene rings is 1. The second-order valence-electron chi connectivity index (χ2n) is 6.45. The van der Waals surface area contributed by atoms with E-state index in [0.717, 1.165) is 11.3 Å². The number of ether oxygens (including phenoxy) is 1. The van der Waals surface area contributed by atoms with Crippen LogP contribution >= 0.6 is 22.9 Å². The molecule has 1 N–H and O–H groups in total. The highest BCUT2D eigenvalue weighted by Crippen LogP contribution is 2.27. The predicted octanol–water partition coefficient (Wildman–Crippen LogP) is 4.81. The Morgan fingerprint density at radius 1 is 1.39 bits per heavy atom. The first kappa shape index (κ1) is 17.8. The van der Waals surface area contributed by atoms with E-state index in [2.05, 4.69) is 31.1 Å². The number of hydrogen-bond acceptors (Lipinski definition) is 4. The average Bonchev–Trinajstić information content (AvgIpc) is 2.90. The van der Waals surface area contributed by atoms with Crippen LogP contribution in [0.25, 0.3) is 0 Å². The molecule has 1 heterocycles. The van der Waals surface area contributed by atoms with Gasteiger partial charge in [0.15, 0.2) is 11.2 Å². The molecule has 2 rings (SSSR count). The molecule has 0 fully saturated rings. The summed E-state index contributed by atoms with van der Waals surface area (Å²) < 4.78 is 5.71. The second kappa shape index (κ2) is 6.89. The van der Waals surface area contributed by atoms with Crippen LogP contribution in [0.5, 0.6) is 5.75 Å². The van der Waals surface area contributed by atoms with Crippen LogP contribution < -0.4 is 10.1 Å². The van der Waals surface area contributed by atoms with E-state index < -0.39 is 6.10 Å². The fourth-order valence-corrected chi connectivity index (χ4v) is 3.04. The molecule has 1 atom stereocenters. The van der Waals surface area contributed by atoms with Gasteiger partial charge in [-0.2, -0.15) is 0 Å². The van der Waals surface area contributed by atoms with E-state index in [1.165, 1.54) is 11.3 Å². The molecule has 0 aliphatic carbocycles. The summed E-state index contributed by atoms with van der Waals surface area (Å²) in [6.45, 7) is 9.86. The molecule has 2 aromatic rings. The molecule has 0 bridgehead atoms. The van der Waals surface area contributed by atoms with E-state index in [1.54, 1.807) is 25.1 Å². The van der Waals surface area contributed by atoms with Gasteiger partial charge in [-0.05, 0) is 37.6 Å². The highest BCUT2D eigenvalue weighted by atomic mass is 35.5. The molecule has 124 valence electrons. The third-order valence-electron chi connectivity index (χ3n) is 3.31. The Kier molecular flexibility index (Phi) is 5.32. The van der Waals surface area contributed by atoms with Gasteiger partial charge >= 0.3 is 0 Å². The predicted molar refractivity (Wildman–Crippen MR) is 95.7 cm³/mol. The van der Waals surface area contributed by atoms with Crippen LogP contribution in [0.3, 0.4) is 0 Å². The normalized spacial score (nSPS) is 12.8. The van der Waals surface area contributed by atoms with E-state index in [1.807, 2.05) is 12.3 Å². The lowest BCUT2D eigenvalue weighted by Crippen LogP contribution is -2.30. The van der Waals surface area contributed by atoms with E-state index in [4.69, 9.17) is 16.3 Å². The smallest absolute Gasteiger partial charge is 0.266 e. The van der Waals surface area contributed by atoms with E-state index in [-0.39, 0.29) is 11.3 Å². The molecular formula is C17H21ClN2O2S. The molecule has 0 radical (unpaired) electrons. The van der Waals surface area contributed by atoms with Gasteiger partial charge in [0, 0.05) is 15.8 Å². The Labute approximate surface area is 145 Å². The zero-order chi connectivity index (χ0) is 17.2. The Morgan fingerprint density at radius 2 is 2.09 bits per heavy atom. The van der Waals surface area contributed by atoms with Crippen molar-refractivity contribution in [3.8, 4) is 5.75 Å². The number of thiazole rings is 1. The zero-order valence-electron chi connectivity index (χ0n) is 13.9. The summed E-state index contributed by atoms with van der Waals surface area (Å²) in [7, 11) is 0. The molecule has 1 amide bonds. The van der Waals surface area contributed by atoms with Gasteiger partial charge in [-0.25, -0.2) is 4.98 Å². The lowest BCUT2D eigenvalue weighted by atomic mass is 9.93. The third-order valence-corrected chi connectivity index (χ3v) is 4.31. The number of carbonyl (C=O) groups is 1. The molecule has 23 heavy (non-hydrogen) atoms. The zero-order valence-corrected chi connectivity index (χ0v) is 15.5. The van der Waals surface area contributed by atoms with Gasteiger partial charge in [-0.1, -0.05) is 32.4 Å². The summed E-state index contributed by atoms with van der Waals surface area (Å²) in [6.07, 6.45) is -0.628. The maximum Gasteiger partial charge on any atom is 0.266 e. The molecule has 0 spiro atoms. The van der Waals surface area contributed by atoms with Crippen LogP contribution in [-0.2, 0) is 10.2 Å². The van der Waals surface area contributed by atoms with Crippen molar-refractivity contribution in [2.75, 3.05) is 5.32 Å². The van der Waals surface area contributed by atoms with Gasteiger partial charge in [0.2, 0.25) is 0 Å². The van der Waals surface area contributed by atoms with E-state index in [9.17, 15) is 4.79 Å². The molecular weight excluding hydrogens is 332 g/mol. The number of amides is 1. The summed E-state index contributed by atoms with van der Waals surface area (Å²) in [6, 6.07) is 5.31. The fraction of sp³-hybridized carbons (Fsp3) is 0.412. The topological polar surface area (TPSA) is 51.2 Å². The first-order valence-corrected chi connectivity index (χ1v) is 8.62. The Morgan fingerprint density at radius 3 is 2.65 bits per heavy atom. The summed E-state index contributed by atoms with van der Waals surface area (Å²) in [5, 5.41) is 5.99. The van der Waals surface area contributed by atoms with Gasteiger partial charge < -0.3 is 4.74 Å². The van der Waals surface area contributed by atoms with E-state index in [0.29, 0.717) is 15.9 Å². The highest BCUT2D eigenvalue weighted by Gasteiger charge is 2.20.